The number of ether oxygens (including phenoxy) is 4. The second-order valence-electron chi connectivity index (χ2n) is 10.7. The minimum atomic E-state index is -0.871. The van der Waals surface area contributed by atoms with Crippen LogP contribution in [0.4, 0.5) is 0 Å². The molecule has 9 heteroatoms. The predicted molar refractivity (Wildman–Crippen MR) is 165 cm³/mol. The number of unbranched alkanes of at least 4 members (excludes halogenated alkanes) is 3. The molecule has 2 N–H and O–H groups in total. The Morgan fingerprint density at radius 2 is 1.52 bits per heavy atom. The third-order valence-corrected chi connectivity index (χ3v) is 7.48. The molecular weight excluding hydrogens is 564 g/mol. The SMILES string of the molecule is CCC(=O)c1cc(OCCCCCCc2cccc(OCCCC(=O)O)c2CCC(=O)O)cc(-c2ccc3c(c2)OCO3)c1. The van der Waals surface area contributed by atoms with E-state index in [1.54, 1.807) is 6.07 Å². The topological polar surface area (TPSA) is 129 Å². The maximum Gasteiger partial charge on any atom is 0.303 e. The zero-order valence-electron chi connectivity index (χ0n) is 25.1. The Morgan fingerprint density at radius 1 is 0.750 bits per heavy atom. The number of rotatable bonds is 19. The van der Waals surface area contributed by atoms with Gasteiger partial charge in [0.05, 0.1) is 13.2 Å². The summed E-state index contributed by atoms with van der Waals surface area (Å²) in [5.41, 5.74) is 4.36. The maximum atomic E-state index is 12.6. The highest BCUT2D eigenvalue weighted by Crippen LogP contribution is 2.37. The van der Waals surface area contributed by atoms with Gasteiger partial charge in [-0.15, -0.1) is 0 Å². The minimum absolute atomic E-state index is 0.00126. The van der Waals surface area contributed by atoms with E-state index in [1.165, 1.54) is 0 Å². The van der Waals surface area contributed by atoms with Gasteiger partial charge in [-0.05, 0) is 90.8 Å². The van der Waals surface area contributed by atoms with E-state index in [2.05, 4.69) is 0 Å². The van der Waals surface area contributed by atoms with Crippen LogP contribution in [-0.4, -0.2) is 47.9 Å². The summed E-state index contributed by atoms with van der Waals surface area (Å²) in [6.07, 6.45) is 5.69. The molecule has 0 fully saturated rings. The van der Waals surface area contributed by atoms with Crippen molar-refractivity contribution >= 4 is 17.7 Å². The quantitative estimate of drug-likeness (QED) is 0.109. The molecule has 0 radical (unpaired) electrons. The fourth-order valence-electron chi connectivity index (χ4n) is 5.15. The Morgan fingerprint density at radius 3 is 2.32 bits per heavy atom. The number of carbonyl (C=O) groups is 3. The summed E-state index contributed by atoms with van der Waals surface area (Å²) in [7, 11) is 0. The lowest BCUT2D eigenvalue weighted by Gasteiger charge is -2.15. The monoisotopic (exact) mass is 604 g/mol. The van der Waals surface area contributed by atoms with E-state index in [-0.39, 0.29) is 32.0 Å². The van der Waals surface area contributed by atoms with Gasteiger partial charge < -0.3 is 29.2 Å². The van der Waals surface area contributed by atoms with Gasteiger partial charge in [0.15, 0.2) is 17.3 Å². The molecule has 3 aromatic carbocycles. The van der Waals surface area contributed by atoms with Crippen molar-refractivity contribution in [2.75, 3.05) is 20.0 Å². The van der Waals surface area contributed by atoms with Gasteiger partial charge in [-0.3, -0.25) is 14.4 Å². The molecule has 0 bridgehead atoms. The van der Waals surface area contributed by atoms with Crippen molar-refractivity contribution in [3.63, 3.8) is 0 Å². The van der Waals surface area contributed by atoms with E-state index in [4.69, 9.17) is 24.1 Å². The highest BCUT2D eigenvalue weighted by molar-refractivity contribution is 5.97. The van der Waals surface area contributed by atoms with Crippen LogP contribution in [0, 0.1) is 0 Å². The molecule has 0 amide bonds. The number of carbonyl (C=O) groups excluding carboxylic acids is 1. The molecule has 3 aromatic rings. The Bertz CT molecular complexity index is 1450. The number of aliphatic carboxylic acids is 2. The van der Waals surface area contributed by atoms with Gasteiger partial charge >= 0.3 is 11.9 Å². The average molecular weight is 605 g/mol. The summed E-state index contributed by atoms with van der Waals surface area (Å²) in [5.74, 6) is 0.980. The van der Waals surface area contributed by atoms with E-state index in [0.29, 0.717) is 54.4 Å². The molecule has 1 heterocycles. The summed E-state index contributed by atoms with van der Waals surface area (Å²) in [5, 5.41) is 18.1. The molecule has 1 aliphatic rings. The number of fused-ring (bicyclic) bond motifs is 1. The number of Topliss-reactive ketones (excluding diaryl/α,β-unsaturated/α-hetero) is 1. The lowest BCUT2D eigenvalue weighted by Crippen LogP contribution is -2.07. The molecule has 0 spiro atoms. The maximum absolute atomic E-state index is 12.6. The smallest absolute Gasteiger partial charge is 0.303 e. The van der Waals surface area contributed by atoms with Crippen LogP contribution in [0.1, 0.15) is 79.8 Å². The van der Waals surface area contributed by atoms with Crippen LogP contribution in [0.25, 0.3) is 11.1 Å². The van der Waals surface area contributed by atoms with Crippen molar-refractivity contribution in [2.24, 2.45) is 0 Å². The molecular formula is C35H40O9. The van der Waals surface area contributed by atoms with E-state index in [0.717, 1.165) is 54.4 Å². The third-order valence-electron chi connectivity index (χ3n) is 7.48. The molecule has 0 saturated heterocycles. The van der Waals surface area contributed by atoms with Gasteiger partial charge in [-0.1, -0.05) is 38.0 Å². The second-order valence-corrected chi connectivity index (χ2v) is 10.7. The van der Waals surface area contributed by atoms with Crippen molar-refractivity contribution in [1.29, 1.82) is 0 Å². The normalized spacial score (nSPS) is 11.8. The van der Waals surface area contributed by atoms with Crippen LogP contribution < -0.4 is 18.9 Å². The van der Waals surface area contributed by atoms with Crippen molar-refractivity contribution in [2.45, 2.75) is 71.1 Å². The fourth-order valence-corrected chi connectivity index (χ4v) is 5.15. The van der Waals surface area contributed by atoms with Crippen LogP contribution in [0.2, 0.25) is 0 Å². The van der Waals surface area contributed by atoms with E-state index in [1.807, 2.05) is 55.5 Å². The standard InChI is InChI=1S/C35H40O9/c1-2-30(36)27-19-26(25-13-15-32-33(22-25)44-23-43-32)20-28(21-27)41-17-6-4-3-5-9-24-10-7-11-31(29(24)14-16-35(39)40)42-18-8-12-34(37)38/h7,10-11,13,15,19-22H,2-6,8-9,12,14,16-18,23H2,1H3,(H,37,38)(H,39,40). The molecule has 9 nitrogen and oxygen atoms in total. The van der Waals surface area contributed by atoms with Crippen LogP contribution in [0.5, 0.6) is 23.0 Å². The Hall–Kier alpha value is -4.53. The third kappa shape index (κ3) is 9.49. The van der Waals surface area contributed by atoms with Crippen LogP contribution in [0.3, 0.4) is 0 Å². The van der Waals surface area contributed by atoms with E-state index >= 15 is 0 Å². The first-order chi connectivity index (χ1) is 21.3. The van der Waals surface area contributed by atoms with Crippen LogP contribution in [-0.2, 0) is 22.4 Å². The molecule has 0 saturated carbocycles. The number of hydrogen-bond acceptors (Lipinski definition) is 7. The first kappa shape index (κ1) is 32.4. The largest absolute Gasteiger partial charge is 0.494 e. The van der Waals surface area contributed by atoms with Gasteiger partial charge in [0.2, 0.25) is 6.79 Å². The summed E-state index contributed by atoms with van der Waals surface area (Å²) in [6, 6.07) is 17.1. The van der Waals surface area contributed by atoms with Crippen LogP contribution in [0.15, 0.2) is 54.6 Å². The van der Waals surface area contributed by atoms with E-state index in [9.17, 15) is 19.5 Å². The van der Waals surface area contributed by atoms with Crippen molar-refractivity contribution in [1.82, 2.24) is 0 Å². The number of carboxylic acid groups (broad SMARTS) is 2. The molecule has 0 atom stereocenters. The molecule has 1 aliphatic heterocycles. The Labute approximate surface area is 257 Å². The zero-order valence-corrected chi connectivity index (χ0v) is 25.1. The molecule has 0 unspecified atom stereocenters. The highest BCUT2D eigenvalue weighted by atomic mass is 16.7. The van der Waals surface area contributed by atoms with E-state index < -0.39 is 11.9 Å². The van der Waals surface area contributed by atoms with Crippen LogP contribution >= 0.6 is 0 Å². The number of benzene rings is 3. The summed E-state index contributed by atoms with van der Waals surface area (Å²) in [6.45, 7) is 2.83. The molecule has 4 rings (SSSR count). The molecule has 0 aromatic heterocycles. The summed E-state index contributed by atoms with van der Waals surface area (Å²) < 4.78 is 22.9. The number of carboxylic acids is 2. The lowest BCUT2D eigenvalue weighted by molar-refractivity contribution is -0.138. The highest BCUT2D eigenvalue weighted by Gasteiger charge is 2.16. The summed E-state index contributed by atoms with van der Waals surface area (Å²) in [4.78, 5) is 34.6. The van der Waals surface area contributed by atoms with Gasteiger partial charge in [0.1, 0.15) is 11.5 Å². The first-order valence-electron chi connectivity index (χ1n) is 15.2. The number of hydrogen-bond donors (Lipinski definition) is 2. The van der Waals surface area contributed by atoms with Crippen molar-refractivity contribution in [3.8, 4) is 34.1 Å². The molecule has 0 aliphatic carbocycles. The molecule has 44 heavy (non-hydrogen) atoms. The van der Waals surface area contributed by atoms with Gasteiger partial charge in [0.25, 0.3) is 0 Å². The summed E-state index contributed by atoms with van der Waals surface area (Å²) >= 11 is 0. The van der Waals surface area contributed by atoms with Gasteiger partial charge in [-0.2, -0.15) is 0 Å². The fraction of sp³-hybridized carbons (Fsp3) is 0.400. The zero-order chi connectivity index (χ0) is 31.3. The van der Waals surface area contributed by atoms with Gasteiger partial charge in [0, 0.05) is 24.8 Å². The second kappa shape index (κ2) is 16.4. The predicted octanol–water partition coefficient (Wildman–Crippen LogP) is 7.12. The van der Waals surface area contributed by atoms with Crippen molar-refractivity contribution < 1.29 is 43.5 Å². The number of aryl methyl sites for hydroxylation is 1. The minimum Gasteiger partial charge on any atom is -0.494 e. The Balaban J connectivity index is 1.29. The Kier molecular flexibility index (Phi) is 12.0. The van der Waals surface area contributed by atoms with Crippen molar-refractivity contribution in [3.05, 3.63) is 71.3 Å². The van der Waals surface area contributed by atoms with Gasteiger partial charge in [-0.25, -0.2) is 0 Å². The number of ketones is 1. The lowest BCUT2D eigenvalue weighted by atomic mass is 9.97. The molecule has 234 valence electrons. The average Bonchev–Trinajstić information content (AvgIpc) is 3.49. The first-order valence-corrected chi connectivity index (χ1v) is 15.2.